The topological polar surface area (TPSA) is 102 Å². The smallest absolute Gasteiger partial charge is 0.320 e. The number of carbonyl (C=O) groups is 1. The highest BCUT2D eigenvalue weighted by Crippen LogP contribution is 2.37. The van der Waals surface area contributed by atoms with Crippen LogP contribution in [0.2, 0.25) is 0 Å². The molecule has 0 aliphatic heterocycles. The molecule has 0 unspecified atom stereocenters. The Morgan fingerprint density at radius 1 is 1.14 bits per heavy atom. The molecule has 3 heterocycles. The van der Waals surface area contributed by atoms with E-state index >= 15 is 0 Å². The molecule has 0 fully saturated rings. The van der Waals surface area contributed by atoms with Crippen molar-refractivity contribution in [1.82, 2.24) is 19.4 Å². The largest absolute Gasteiger partial charge is 0.464 e. The van der Waals surface area contributed by atoms with Crippen molar-refractivity contribution in [3.8, 4) is 11.1 Å². The van der Waals surface area contributed by atoms with Crippen LogP contribution in [0.15, 0.2) is 59.3 Å². The summed E-state index contributed by atoms with van der Waals surface area (Å²) in [6.45, 7) is -2.90. The lowest BCUT2D eigenvalue weighted by molar-refractivity contribution is 0.0747. The van der Waals surface area contributed by atoms with E-state index in [-0.39, 0.29) is 40.0 Å². The van der Waals surface area contributed by atoms with Crippen LogP contribution in [0.3, 0.4) is 0 Å². The number of hydrogen-bond acceptors (Lipinski definition) is 6. The summed E-state index contributed by atoms with van der Waals surface area (Å²) in [5.41, 5.74) is 7.88. The van der Waals surface area contributed by atoms with E-state index in [0.717, 1.165) is 11.5 Å². The Morgan fingerprint density at radius 3 is 2.66 bits per heavy atom. The van der Waals surface area contributed by atoms with Crippen molar-refractivity contribution in [2.45, 2.75) is 6.55 Å². The van der Waals surface area contributed by atoms with Crippen LogP contribution in [-0.2, 0) is 0 Å². The maximum atomic E-state index is 14.7. The number of aromatic nitrogens is 3. The minimum Gasteiger partial charge on any atom is -0.464 e. The predicted molar refractivity (Wildman–Crippen MR) is 126 cm³/mol. The first-order valence-corrected chi connectivity index (χ1v) is 10.4. The van der Waals surface area contributed by atoms with Gasteiger partial charge in [0.1, 0.15) is 17.2 Å². The van der Waals surface area contributed by atoms with Crippen molar-refractivity contribution in [2.24, 2.45) is 0 Å². The van der Waals surface area contributed by atoms with Gasteiger partial charge in [-0.15, -0.1) is 0 Å². The van der Waals surface area contributed by atoms with E-state index in [1.165, 1.54) is 29.5 Å². The van der Waals surface area contributed by atoms with Gasteiger partial charge in [-0.05, 0) is 42.0 Å². The van der Waals surface area contributed by atoms with Crippen molar-refractivity contribution < 1.29 is 22.4 Å². The van der Waals surface area contributed by atoms with E-state index in [9.17, 15) is 18.0 Å². The van der Waals surface area contributed by atoms with Crippen LogP contribution in [0.5, 0.6) is 0 Å². The highest BCUT2D eigenvalue weighted by Gasteiger charge is 2.22. The molecule has 0 radical (unpaired) electrons. The summed E-state index contributed by atoms with van der Waals surface area (Å²) in [7, 11) is 3.11. The Bertz CT molecular complexity index is 1590. The van der Waals surface area contributed by atoms with Gasteiger partial charge >= 0.3 is 6.55 Å². The fraction of sp³-hybridized carbons (Fsp3) is 0.125. The maximum Gasteiger partial charge on any atom is 0.320 e. The molecule has 0 atom stereocenters. The number of carbonyl (C=O) groups excluding carboxylic acids is 1. The summed E-state index contributed by atoms with van der Waals surface area (Å²) in [6, 6.07) is 10.9. The molecule has 35 heavy (non-hydrogen) atoms. The molecule has 1 amide bonds. The lowest BCUT2D eigenvalue weighted by atomic mass is 10.0. The average Bonchev–Trinajstić information content (AvgIpc) is 3.44. The minimum absolute atomic E-state index is 0.0418. The first kappa shape index (κ1) is 22.3. The number of fused-ring (bicyclic) bond motifs is 2. The molecule has 11 heteroatoms. The van der Waals surface area contributed by atoms with Gasteiger partial charge in [0.2, 0.25) is 5.95 Å². The number of nitrogens with one attached hydrogen (secondary N) is 1. The Labute approximate surface area is 196 Å². The number of nitrogens with zero attached hydrogens (tertiary/aromatic N) is 4. The summed E-state index contributed by atoms with van der Waals surface area (Å²) in [5, 5.41) is 3.70. The van der Waals surface area contributed by atoms with Crippen LogP contribution in [0.4, 0.5) is 30.6 Å². The van der Waals surface area contributed by atoms with E-state index in [2.05, 4.69) is 15.3 Å². The zero-order chi connectivity index (χ0) is 24.9. The number of nitrogen functional groups attached to an aromatic ring is 1. The average molecular weight is 480 g/mol. The third kappa shape index (κ3) is 3.90. The number of hydrogen-bond donors (Lipinski definition) is 2. The van der Waals surface area contributed by atoms with E-state index in [4.69, 9.17) is 10.2 Å². The number of halogens is 3. The Morgan fingerprint density at radius 2 is 1.94 bits per heavy atom. The van der Waals surface area contributed by atoms with Gasteiger partial charge in [0.25, 0.3) is 5.91 Å². The molecule has 5 rings (SSSR count). The van der Waals surface area contributed by atoms with Crippen LogP contribution in [0.1, 0.15) is 16.9 Å². The monoisotopic (exact) mass is 480 g/mol. The molecule has 0 bridgehead atoms. The Balaban J connectivity index is 1.58. The number of rotatable bonds is 5. The van der Waals surface area contributed by atoms with Gasteiger partial charge in [0, 0.05) is 36.8 Å². The highest BCUT2D eigenvalue weighted by molar-refractivity contribution is 6.02. The van der Waals surface area contributed by atoms with Gasteiger partial charge in [-0.25, -0.2) is 4.39 Å². The first-order chi connectivity index (χ1) is 16.7. The normalized spacial score (nSPS) is 11.5. The van der Waals surface area contributed by atoms with Gasteiger partial charge in [0.15, 0.2) is 5.65 Å². The van der Waals surface area contributed by atoms with Crippen molar-refractivity contribution in [1.29, 1.82) is 0 Å². The molecule has 3 N–H and O–H groups in total. The molecule has 0 aliphatic rings. The molecule has 5 aromatic rings. The molecular weight excluding hydrogens is 461 g/mol. The van der Waals surface area contributed by atoms with Crippen LogP contribution in [0, 0.1) is 5.82 Å². The lowest BCUT2D eigenvalue weighted by Crippen LogP contribution is -2.21. The van der Waals surface area contributed by atoms with Crippen molar-refractivity contribution in [2.75, 3.05) is 25.1 Å². The van der Waals surface area contributed by atoms with Gasteiger partial charge < -0.3 is 20.4 Å². The van der Waals surface area contributed by atoms with Gasteiger partial charge in [0.05, 0.1) is 17.3 Å². The van der Waals surface area contributed by atoms with Crippen LogP contribution in [0.25, 0.3) is 33.1 Å². The zero-order valence-electron chi connectivity index (χ0n) is 18.6. The van der Waals surface area contributed by atoms with Crippen molar-refractivity contribution in [3.63, 3.8) is 0 Å². The zero-order valence-corrected chi connectivity index (χ0v) is 18.6. The summed E-state index contributed by atoms with van der Waals surface area (Å²) < 4.78 is 48.5. The SMILES string of the molecule is CN(C)C(=O)c1ccc(Nc2nc(N)c3c(-c4ccc5occc5c4)cn(C(F)F)c3n2)c(F)c1. The highest BCUT2D eigenvalue weighted by atomic mass is 19.3. The van der Waals surface area contributed by atoms with Crippen molar-refractivity contribution >= 4 is 45.4 Å². The molecule has 0 saturated heterocycles. The number of nitrogens with two attached hydrogens (primary N) is 1. The lowest BCUT2D eigenvalue weighted by Gasteiger charge is -2.12. The molecule has 2 aromatic carbocycles. The number of furan rings is 1. The van der Waals surface area contributed by atoms with E-state index < -0.39 is 12.4 Å². The number of amides is 1. The van der Waals surface area contributed by atoms with E-state index in [0.29, 0.717) is 21.3 Å². The third-order valence-corrected chi connectivity index (χ3v) is 5.54. The standard InChI is InChI=1S/C24H19F3N6O2/c1-32(2)22(34)14-3-5-17(16(25)10-14)29-24-30-20(28)19-15(11-33(23(26)27)21(19)31-24)12-4-6-18-13(9-12)7-8-35-18/h3-11,23H,1-2H3,(H3,28,29,30,31). The summed E-state index contributed by atoms with van der Waals surface area (Å²) in [5.74, 6) is -1.33. The summed E-state index contributed by atoms with van der Waals surface area (Å²) in [6.07, 6.45) is 2.79. The quantitative estimate of drug-likeness (QED) is 0.349. The summed E-state index contributed by atoms with van der Waals surface area (Å²) in [4.78, 5) is 21.7. The van der Waals surface area contributed by atoms with Gasteiger partial charge in [-0.2, -0.15) is 18.7 Å². The fourth-order valence-electron chi connectivity index (χ4n) is 3.86. The second-order valence-electron chi connectivity index (χ2n) is 8.05. The summed E-state index contributed by atoms with van der Waals surface area (Å²) >= 11 is 0. The van der Waals surface area contributed by atoms with Crippen LogP contribution in [-0.4, -0.2) is 39.4 Å². The predicted octanol–water partition coefficient (Wildman–Crippen LogP) is 5.41. The van der Waals surface area contributed by atoms with Crippen molar-refractivity contribution in [3.05, 3.63) is 66.3 Å². The second-order valence-corrected chi connectivity index (χ2v) is 8.05. The molecule has 0 spiro atoms. The fourth-order valence-corrected chi connectivity index (χ4v) is 3.86. The molecule has 178 valence electrons. The Kier molecular flexibility index (Phi) is 5.31. The third-order valence-electron chi connectivity index (χ3n) is 5.54. The molecule has 0 aliphatic carbocycles. The van der Waals surface area contributed by atoms with Crippen LogP contribution < -0.4 is 11.1 Å². The first-order valence-electron chi connectivity index (χ1n) is 10.4. The molecule has 3 aromatic heterocycles. The van der Waals surface area contributed by atoms with Crippen LogP contribution >= 0.6 is 0 Å². The number of benzene rings is 2. The number of alkyl halides is 2. The Hall–Kier alpha value is -4.54. The molecular formula is C24H19F3N6O2. The van der Waals surface area contributed by atoms with E-state index in [1.807, 2.05) is 0 Å². The van der Waals surface area contributed by atoms with Gasteiger partial charge in [-0.3, -0.25) is 9.36 Å². The van der Waals surface area contributed by atoms with Gasteiger partial charge in [-0.1, -0.05) is 6.07 Å². The maximum absolute atomic E-state index is 14.7. The second kappa shape index (κ2) is 8.35. The van der Waals surface area contributed by atoms with E-state index in [1.54, 1.807) is 38.4 Å². The molecule has 8 nitrogen and oxygen atoms in total. The minimum atomic E-state index is -2.90. The number of anilines is 3. The molecule has 0 saturated carbocycles.